The molecule has 0 aliphatic carbocycles. The number of nitrogens with one attached hydrogen (secondary N) is 2. The Morgan fingerprint density at radius 1 is 1.46 bits per heavy atom. The quantitative estimate of drug-likeness (QED) is 0.358. The number of ether oxygens (including phenoxy) is 2. The lowest BCUT2D eigenvalue weighted by Gasteiger charge is -2.18. The van der Waals surface area contributed by atoms with Gasteiger partial charge in [-0.2, -0.15) is 11.8 Å². The van der Waals surface area contributed by atoms with Crippen LogP contribution < -0.4 is 10.6 Å². The minimum absolute atomic E-state index is 0.298. The van der Waals surface area contributed by atoms with E-state index in [1.54, 1.807) is 18.8 Å². The molecule has 0 aromatic heterocycles. The summed E-state index contributed by atoms with van der Waals surface area (Å²) >= 11 is 7.90. The molecule has 0 radical (unpaired) electrons. The molecule has 1 saturated heterocycles. The third-order valence-corrected chi connectivity index (χ3v) is 5.51. The summed E-state index contributed by atoms with van der Waals surface area (Å²) in [4.78, 5) is 4.28. The van der Waals surface area contributed by atoms with Gasteiger partial charge in [-0.15, -0.1) is 0 Å². The Bertz CT molecular complexity index is 553. The summed E-state index contributed by atoms with van der Waals surface area (Å²) in [7, 11) is 1.79. The fourth-order valence-corrected chi connectivity index (χ4v) is 3.69. The molecule has 1 aliphatic rings. The zero-order chi connectivity index (χ0) is 18.6. The van der Waals surface area contributed by atoms with Crippen LogP contribution in [0.4, 0.5) is 0 Å². The number of hydrogen-bond donors (Lipinski definition) is 2. The van der Waals surface area contributed by atoms with Crippen LogP contribution in [0.15, 0.2) is 29.3 Å². The van der Waals surface area contributed by atoms with Crippen molar-refractivity contribution in [1.29, 1.82) is 0 Å². The van der Waals surface area contributed by atoms with Crippen LogP contribution in [0.3, 0.4) is 0 Å². The fraction of sp³-hybridized carbons (Fsp3) is 0.632. The number of thioether (sulfide) groups is 1. The van der Waals surface area contributed by atoms with Gasteiger partial charge in [0.15, 0.2) is 5.96 Å². The molecule has 2 atom stereocenters. The van der Waals surface area contributed by atoms with Gasteiger partial charge in [-0.3, -0.25) is 4.99 Å². The van der Waals surface area contributed by atoms with Crippen LogP contribution in [0, 0.1) is 0 Å². The number of halogens is 1. The van der Waals surface area contributed by atoms with Gasteiger partial charge in [-0.1, -0.05) is 23.7 Å². The molecule has 1 aromatic rings. The van der Waals surface area contributed by atoms with Crippen LogP contribution >= 0.6 is 23.4 Å². The molecule has 5 nitrogen and oxygen atoms in total. The SMILES string of the molecule is CN=C(NCCCOCC1CCCO1)NCC(SC)c1cccc(Cl)c1. The van der Waals surface area contributed by atoms with Crippen LogP contribution in [0.1, 0.15) is 30.1 Å². The van der Waals surface area contributed by atoms with Crippen molar-refractivity contribution < 1.29 is 9.47 Å². The molecule has 1 aromatic carbocycles. The number of rotatable bonds is 10. The normalized spacial score (nSPS) is 18.7. The second-order valence-corrected chi connectivity index (χ2v) is 7.70. The van der Waals surface area contributed by atoms with Gasteiger partial charge in [0, 0.05) is 43.6 Å². The Morgan fingerprint density at radius 2 is 2.35 bits per heavy atom. The summed E-state index contributed by atoms with van der Waals surface area (Å²) in [5.74, 6) is 0.810. The van der Waals surface area contributed by atoms with Crippen molar-refractivity contribution in [3.8, 4) is 0 Å². The van der Waals surface area contributed by atoms with Crippen LogP contribution in [0.25, 0.3) is 0 Å². The second-order valence-electron chi connectivity index (χ2n) is 6.22. The highest BCUT2D eigenvalue weighted by Crippen LogP contribution is 2.27. The van der Waals surface area contributed by atoms with E-state index < -0.39 is 0 Å². The Kier molecular flexibility index (Phi) is 10.2. The summed E-state index contributed by atoms with van der Waals surface area (Å²) in [5.41, 5.74) is 1.22. The summed E-state index contributed by atoms with van der Waals surface area (Å²) in [5, 5.41) is 7.81. The first-order chi connectivity index (χ1) is 12.7. The molecule has 2 N–H and O–H groups in total. The number of aliphatic imine (C=N–C) groups is 1. The summed E-state index contributed by atoms with van der Waals surface area (Å²) in [6.45, 7) is 3.94. The van der Waals surface area contributed by atoms with Crippen LogP contribution in [0.2, 0.25) is 5.02 Å². The highest BCUT2D eigenvalue weighted by molar-refractivity contribution is 7.98. The lowest BCUT2D eigenvalue weighted by molar-refractivity contribution is 0.0168. The molecule has 7 heteroatoms. The first-order valence-electron chi connectivity index (χ1n) is 9.15. The van der Waals surface area contributed by atoms with Crippen molar-refractivity contribution in [1.82, 2.24) is 10.6 Å². The highest BCUT2D eigenvalue weighted by Gasteiger charge is 2.15. The van der Waals surface area contributed by atoms with Gasteiger partial charge in [-0.25, -0.2) is 0 Å². The van der Waals surface area contributed by atoms with Gasteiger partial charge in [0.05, 0.1) is 12.7 Å². The smallest absolute Gasteiger partial charge is 0.191 e. The van der Waals surface area contributed by atoms with E-state index in [1.807, 2.05) is 18.2 Å². The number of guanidine groups is 1. The predicted molar refractivity (Wildman–Crippen MR) is 111 cm³/mol. The first-order valence-corrected chi connectivity index (χ1v) is 10.8. The minimum atomic E-state index is 0.298. The van der Waals surface area contributed by atoms with E-state index in [1.165, 1.54) is 5.56 Å². The zero-order valence-electron chi connectivity index (χ0n) is 15.7. The third kappa shape index (κ3) is 7.74. The number of benzene rings is 1. The van der Waals surface area contributed by atoms with Crippen molar-refractivity contribution in [2.75, 3.05) is 46.2 Å². The van der Waals surface area contributed by atoms with E-state index in [0.29, 0.717) is 18.0 Å². The Hall–Kier alpha value is -0.950. The Morgan fingerprint density at radius 3 is 3.04 bits per heavy atom. The molecule has 0 bridgehead atoms. The molecule has 26 heavy (non-hydrogen) atoms. The van der Waals surface area contributed by atoms with Gasteiger partial charge in [0.2, 0.25) is 0 Å². The second kappa shape index (κ2) is 12.4. The number of hydrogen-bond acceptors (Lipinski definition) is 4. The zero-order valence-corrected chi connectivity index (χ0v) is 17.2. The maximum atomic E-state index is 6.10. The molecule has 0 saturated carbocycles. The van der Waals surface area contributed by atoms with E-state index in [-0.39, 0.29) is 0 Å². The molecule has 0 amide bonds. The number of nitrogens with zero attached hydrogens (tertiary/aromatic N) is 1. The standard InChI is InChI=1S/C19H30ClN3O2S/c1-21-19(22-9-5-10-24-14-17-8-4-11-25-17)23-13-18(26-2)15-6-3-7-16(20)12-15/h3,6-7,12,17-18H,4-5,8-11,13-14H2,1-2H3,(H2,21,22,23). The van der Waals surface area contributed by atoms with E-state index in [9.17, 15) is 0 Å². The van der Waals surface area contributed by atoms with Crippen LogP contribution in [0.5, 0.6) is 0 Å². The van der Waals surface area contributed by atoms with Crippen molar-refractivity contribution in [3.63, 3.8) is 0 Å². The van der Waals surface area contributed by atoms with Gasteiger partial charge >= 0.3 is 0 Å². The average molecular weight is 400 g/mol. The Balaban J connectivity index is 1.62. The molecule has 1 aliphatic heterocycles. The van der Waals surface area contributed by atoms with Gasteiger partial charge in [0.25, 0.3) is 0 Å². The topological polar surface area (TPSA) is 54.9 Å². The van der Waals surface area contributed by atoms with Crippen molar-refractivity contribution in [2.24, 2.45) is 4.99 Å². The summed E-state index contributed by atoms with van der Waals surface area (Å²) in [6, 6.07) is 8.02. The van der Waals surface area contributed by atoms with E-state index in [2.05, 4.69) is 27.9 Å². The molecule has 1 fully saturated rings. The van der Waals surface area contributed by atoms with Gasteiger partial charge in [-0.05, 0) is 43.2 Å². The minimum Gasteiger partial charge on any atom is -0.379 e. The fourth-order valence-electron chi connectivity index (χ4n) is 2.83. The van der Waals surface area contributed by atoms with E-state index >= 15 is 0 Å². The van der Waals surface area contributed by atoms with E-state index in [4.69, 9.17) is 21.1 Å². The van der Waals surface area contributed by atoms with Crippen molar-refractivity contribution in [2.45, 2.75) is 30.6 Å². The molecule has 2 unspecified atom stereocenters. The molecule has 0 spiro atoms. The largest absolute Gasteiger partial charge is 0.379 e. The monoisotopic (exact) mass is 399 g/mol. The van der Waals surface area contributed by atoms with Crippen molar-refractivity contribution in [3.05, 3.63) is 34.9 Å². The Labute approximate surface area is 166 Å². The lowest BCUT2D eigenvalue weighted by Crippen LogP contribution is -2.39. The van der Waals surface area contributed by atoms with Gasteiger partial charge < -0.3 is 20.1 Å². The van der Waals surface area contributed by atoms with Gasteiger partial charge in [0.1, 0.15) is 0 Å². The third-order valence-electron chi connectivity index (χ3n) is 4.27. The average Bonchev–Trinajstić information content (AvgIpc) is 3.16. The van der Waals surface area contributed by atoms with Crippen molar-refractivity contribution >= 4 is 29.3 Å². The highest BCUT2D eigenvalue weighted by atomic mass is 35.5. The molecule has 2 rings (SSSR count). The summed E-state index contributed by atoms with van der Waals surface area (Å²) < 4.78 is 11.2. The molecular formula is C19H30ClN3O2S. The van der Waals surface area contributed by atoms with Crippen LogP contribution in [-0.4, -0.2) is 58.3 Å². The molecule has 146 valence electrons. The summed E-state index contributed by atoms with van der Waals surface area (Å²) in [6.07, 6.45) is 5.62. The molecular weight excluding hydrogens is 370 g/mol. The van der Waals surface area contributed by atoms with Crippen LogP contribution in [-0.2, 0) is 9.47 Å². The lowest BCUT2D eigenvalue weighted by atomic mass is 10.1. The first kappa shape index (κ1) is 21.4. The maximum absolute atomic E-state index is 6.10. The molecule has 1 heterocycles. The maximum Gasteiger partial charge on any atom is 0.191 e. The predicted octanol–water partition coefficient (Wildman–Crippen LogP) is 3.49. The van der Waals surface area contributed by atoms with E-state index in [0.717, 1.165) is 56.5 Å².